The Bertz CT molecular complexity index is 280. The average molecular weight is 242 g/mol. The fourth-order valence-corrected chi connectivity index (χ4v) is 1.73. The van der Waals surface area contributed by atoms with Gasteiger partial charge in [0.15, 0.2) is 10.2 Å². The fraction of sp³-hybridized carbons (Fsp3) is 0.333. The predicted molar refractivity (Wildman–Crippen MR) is 70.1 cm³/mol. The molecular weight excluding hydrogens is 228 g/mol. The molecule has 82 valence electrons. The van der Waals surface area contributed by atoms with E-state index < -0.39 is 0 Å². The summed E-state index contributed by atoms with van der Waals surface area (Å²) < 4.78 is 0. The van der Waals surface area contributed by atoms with E-state index in [1.165, 1.54) is 0 Å². The third-order valence-electron chi connectivity index (χ3n) is 1.87. The Balaban J connectivity index is 2.65. The summed E-state index contributed by atoms with van der Waals surface area (Å²) in [5.74, 6) is 0. The van der Waals surface area contributed by atoms with E-state index in [1.807, 2.05) is 22.2 Å². The maximum atomic E-state index is 5.19. The molecule has 2 N–H and O–H groups in total. The first kappa shape index (κ1) is 12.1. The largest absolute Gasteiger partial charge is 0.344 e. The van der Waals surface area contributed by atoms with Crippen LogP contribution in [0.1, 0.15) is 0 Å². The van der Waals surface area contributed by atoms with Gasteiger partial charge in [0.05, 0.1) is 0 Å². The number of thiocarbonyl (C=S) groups is 2. The van der Waals surface area contributed by atoms with E-state index in [1.54, 1.807) is 0 Å². The van der Waals surface area contributed by atoms with E-state index in [2.05, 4.69) is 23.8 Å². The molecule has 1 saturated heterocycles. The smallest absolute Gasteiger partial charge is 0.191 e. The lowest BCUT2D eigenvalue weighted by Gasteiger charge is -2.38. The second-order valence-corrected chi connectivity index (χ2v) is 3.74. The molecule has 0 aliphatic carbocycles. The van der Waals surface area contributed by atoms with Crippen molar-refractivity contribution in [3.63, 3.8) is 0 Å². The van der Waals surface area contributed by atoms with Gasteiger partial charge in [-0.3, -0.25) is 5.01 Å². The topological polar surface area (TPSA) is 30.5 Å². The van der Waals surface area contributed by atoms with Gasteiger partial charge in [0.1, 0.15) is 6.67 Å². The van der Waals surface area contributed by atoms with Gasteiger partial charge in [-0.2, -0.15) is 0 Å². The molecule has 1 heterocycles. The maximum absolute atomic E-state index is 5.19. The quantitative estimate of drug-likeness (QED) is 0.542. The first-order chi connectivity index (χ1) is 7.19. The molecular formula is C9H14N4S2. The highest BCUT2D eigenvalue weighted by Gasteiger charge is 2.21. The van der Waals surface area contributed by atoms with Crippen LogP contribution in [-0.2, 0) is 0 Å². The van der Waals surface area contributed by atoms with E-state index >= 15 is 0 Å². The van der Waals surface area contributed by atoms with Crippen LogP contribution in [0.15, 0.2) is 25.3 Å². The zero-order valence-electron chi connectivity index (χ0n) is 8.40. The van der Waals surface area contributed by atoms with Crippen LogP contribution in [0.2, 0.25) is 0 Å². The third-order valence-corrected chi connectivity index (χ3v) is 2.42. The summed E-state index contributed by atoms with van der Waals surface area (Å²) in [5, 5.41) is 11.0. The van der Waals surface area contributed by atoms with Gasteiger partial charge in [-0.05, 0) is 24.4 Å². The summed E-state index contributed by atoms with van der Waals surface area (Å²) in [6, 6.07) is 0. The van der Waals surface area contributed by atoms with Crippen LogP contribution in [0.3, 0.4) is 0 Å². The van der Waals surface area contributed by atoms with E-state index in [-0.39, 0.29) is 0 Å². The van der Waals surface area contributed by atoms with Crippen molar-refractivity contribution in [3.05, 3.63) is 25.3 Å². The first-order valence-corrected chi connectivity index (χ1v) is 5.33. The van der Waals surface area contributed by atoms with Crippen LogP contribution in [0.5, 0.6) is 0 Å². The highest BCUT2D eigenvalue weighted by Crippen LogP contribution is 2.01. The molecule has 15 heavy (non-hydrogen) atoms. The Kier molecular flexibility index (Phi) is 4.67. The van der Waals surface area contributed by atoms with E-state index in [4.69, 9.17) is 24.4 Å². The molecule has 1 rings (SSSR count). The van der Waals surface area contributed by atoms with E-state index in [0.29, 0.717) is 30.0 Å². The molecule has 4 nitrogen and oxygen atoms in total. The summed E-state index contributed by atoms with van der Waals surface area (Å²) >= 11 is 10.1. The van der Waals surface area contributed by atoms with Gasteiger partial charge < -0.3 is 10.6 Å². The van der Waals surface area contributed by atoms with E-state index in [0.717, 1.165) is 0 Å². The number of hydrogen-bond donors (Lipinski definition) is 2. The Morgan fingerprint density at radius 1 is 1.33 bits per heavy atom. The molecule has 1 aliphatic heterocycles. The lowest BCUT2D eigenvalue weighted by atomic mass is 10.5. The van der Waals surface area contributed by atoms with Gasteiger partial charge in [0.25, 0.3) is 0 Å². The summed E-state index contributed by atoms with van der Waals surface area (Å²) in [4.78, 5) is 0. The molecule has 1 fully saturated rings. The van der Waals surface area contributed by atoms with Crippen LogP contribution >= 0.6 is 24.4 Å². The fourth-order valence-electron chi connectivity index (χ4n) is 1.22. The SMILES string of the molecule is C=CCN(CC=C)N1CNC(=S)NC1=S. The van der Waals surface area contributed by atoms with Crippen molar-refractivity contribution in [1.82, 2.24) is 20.7 Å². The van der Waals surface area contributed by atoms with Gasteiger partial charge in [-0.1, -0.05) is 12.2 Å². The van der Waals surface area contributed by atoms with Gasteiger partial charge in [0, 0.05) is 13.1 Å². The van der Waals surface area contributed by atoms with Crippen molar-refractivity contribution in [2.24, 2.45) is 0 Å². The van der Waals surface area contributed by atoms with Crippen LogP contribution in [-0.4, -0.2) is 40.0 Å². The van der Waals surface area contributed by atoms with Crippen molar-refractivity contribution < 1.29 is 0 Å². The Labute approximate surface area is 101 Å². The van der Waals surface area contributed by atoms with Crippen molar-refractivity contribution in [2.45, 2.75) is 0 Å². The summed E-state index contributed by atoms with van der Waals surface area (Å²) in [6.07, 6.45) is 3.64. The molecule has 0 aromatic heterocycles. The van der Waals surface area contributed by atoms with Crippen molar-refractivity contribution in [1.29, 1.82) is 0 Å². The minimum atomic E-state index is 0.563. The second-order valence-electron chi connectivity index (χ2n) is 2.94. The molecule has 0 spiro atoms. The van der Waals surface area contributed by atoms with Crippen molar-refractivity contribution >= 4 is 34.7 Å². The standard InChI is InChI=1S/C9H14N4S2/c1-3-5-12(6-4-2)13-7-10-8(14)11-9(13)15/h3-4H,1-2,5-7H2,(H2,10,11,14,15). The molecule has 6 heteroatoms. The predicted octanol–water partition coefficient (Wildman–Crippen LogP) is 0.597. The third kappa shape index (κ3) is 3.26. The number of hydrazine groups is 1. The van der Waals surface area contributed by atoms with Gasteiger partial charge >= 0.3 is 0 Å². The minimum absolute atomic E-state index is 0.563. The molecule has 0 saturated carbocycles. The highest BCUT2D eigenvalue weighted by molar-refractivity contribution is 7.81. The minimum Gasteiger partial charge on any atom is -0.344 e. The first-order valence-electron chi connectivity index (χ1n) is 4.52. The molecule has 0 unspecified atom stereocenters. The molecule has 0 radical (unpaired) electrons. The van der Waals surface area contributed by atoms with Crippen LogP contribution < -0.4 is 10.6 Å². The Hall–Kier alpha value is -0.980. The molecule has 0 amide bonds. The highest BCUT2D eigenvalue weighted by atomic mass is 32.1. The monoisotopic (exact) mass is 242 g/mol. The molecule has 0 atom stereocenters. The number of rotatable bonds is 5. The molecule has 0 aromatic carbocycles. The van der Waals surface area contributed by atoms with Crippen LogP contribution in [0.25, 0.3) is 0 Å². The lowest BCUT2D eigenvalue weighted by molar-refractivity contribution is 0.0656. The summed E-state index contributed by atoms with van der Waals surface area (Å²) in [5.41, 5.74) is 0. The normalized spacial score (nSPS) is 15.9. The zero-order chi connectivity index (χ0) is 11.3. The Morgan fingerprint density at radius 3 is 2.40 bits per heavy atom. The maximum Gasteiger partial charge on any atom is 0.191 e. The van der Waals surface area contributed by atoms with Crippen LogP contribution in [0, 0.1) is 0 Å². The Morgan fingerprint density at radius 2 is 1.93 bits per heavy atom. The van der Waals surface area contributed by atoms with Crippen molar-refractivity contribution in [2.75, 3.05) is 19.8 Å². The van der Waals surface area contributed by atoms with Gasteiger partial charge in [-0.25, -0.2) is 5.01 Å². The number of nitrogens with one attached hydrogen (secondary N) is 2. The van der Waals surface area contributed by atoms with Gasteiger partial charge in [-0.15, -0.1) is 13.2 Å². The van der Waals surface area contributed by atoms with Crippen molar-refractivity contribution in [3.8, 4) is 0 Å². The molecule has 0 bridgehead atoms. The number of hydrogen-bond acceptors (Lipinski definition) is 3. The van der Waals surface area contributed by atoms with E-state index in [9.17, 15) is 0 Å². The average Bonchev–Trinajstić information content (AvgIpc) is 2.17. The lowest BCUT2D eigenvalue weighted by Crippen LogP contribution is -2.62. The molecule has 1 aliphatic rings. The summed E-state index contributed by atoms with van der Waals surface area (Å²) in [6.45, 7) is 9.41. The number of nitrogens with zero attached hydrogens (tertiary/aromatic N) is 2. The van der Waals surface area contributed by atoms with Crippen LogP contribution in [0.4, 0.5) is 0 Å². The second kappa shape index (κ2) is 5.79. The summed E-state index contributed by atoms with van der Waals surface area (Å²) in [7, 11) is 0. The van der Waals surface area contributed by atoms with Gasteiger partial charge in [0.2, 0.25) is 0 Å². The molecule has 0 aromatic rings. The zero-order valence-corrected chi connectivity index (χ0v) is 10.0.